The molecule has 2 heterocycles. The van der Waals surface area contributed by atoms with Crippen molar-refractivity contribution in [1.82, 2.24) is 9.62 Å². The molecule has 3 rings (SSSR count). The molecule has 10 heteroatoms. The first kappa shape index (κ1) is 18.6. The zero-order chi connectivity index (χ0) is 18.3. The Bertz CT molecular complexity index is 715. The van der Waals surface area contributed by atoms with Crippen LogP contribution >= 0.6 is 0 Å². The maximum Gasteiger partial charge on any atom is 0.418 e. The Balaban J connectivity index is 1.87. The number of halogens is 3. The van der Waals surface area contributed by atoms with E-state index in [2.05, 4.69) is 5.32 Å². The van der Waals surface area contributed by atoms with Crippen LogP contribution < -0.4 is 5.32 Å². The molecular weight excluding hydrogens is 361 g/mol. The molecule has 1 aromatic carbocycles. The van der Waals surface area contributed by atoms with Gasteiger partial charge in [-0.2, -0.15) is 17.5 Å². The smallest absolute Gasteiger partial charge is 0.379 e. The monoisotopic (exact) mass is 380 g/mol. The average Bonchev–Trinajstić information content (AvgIpc) is 2.98. The number of nitrogens with one attached hydrogen (secondary N) is 1. The number of aliphatic hydroxyl groups excluding tert-OH is 1. The Morgan fingerprint density at radius 2 is 1.80 bits per heavy atom. The van der Waals surface area contributed by atoms with Crippen LogP contribution in [0.3, 0.4) is 0 Å². The third kappa shape index (κ3) is 3.41. The van der Waals surface area contributed by atoms with Gasteiger partial charge < -0.3 is 15.2 Å². The van der Waals surface area contributed by atoms with E-state index in [0.717, 1.165) is 24.3 Å². The number of hydrogen-bond donors (Lipinski definition) is 2. The van der Waals surface area contributed by atoms with Crippen molar-refractivity contribution in [2.75, 3.05) is 26.2 Å². The molecular formula is C15H19F3N2O4S. The van der Waals surface area contributed by atoms with Gasteiger partial charge in [-0.25, -0.2) is 8.42 Å². The summed E-state index contributed by atoms with van der Waals surface area (Å²) in [6.07, 6.45) is -6.42. The molecule has 2 fully saturated rings. The molecule has 2 aliphatic rings. The highest BCUT2D eigenvalue weighted by Crippen LogP contribution is 2.37. The number of nitrogens with zero attached hydrogens (tertiary/aromatic N) is 1. The van der Waals surface area contributed by atoms with Gasteiger partial charge in [0.15, 0.2) is 6.10 Å². The van der Waals surface area contributed by atoms with Crippen LogP contribution in [0.25, 0.3) is 0 Å². The molecule has 0 aliphatic carbocycles. The molecule has 1 spiro atoms. The van der Waals surface area contributed by atoms with E-state index < -0.39 is 33.6 Å². The van der Waals surface area contributed by atoms with E-state index in [0.29, 0.717) is 25.9 Å². The van der Waals surface area contributed by atoms with Crippen molar-refractivity contribution in [3.63, 3.8) is 0 Å². The lowest BCUT2D eigenvalue weighted by atomic mass is 10.0. The summed E-state index contributed by atoms with van der Waals surface area (Å²) in [6.45, 7) is 1.74. The Morgan fingerprint density at radius 3 is 2.36 bits per heavy atom. The molecule has 2 aliphatic heterocycles. The van der Waals surface area contributed by atoms with Crippen LogP contribution in [0.4, 0.5) is 13.2 Å². The van der Waals surface area contributed by atoms with Crippen LogP contribution in [0.2, 0.25) is 0 Å². The van der Waals surface area contributed by atoms with Crippen molar-refractivity contribution in [2.24, 2.45) is 0 Å². The lowest BCUT2D eigenvalue weighted by molar-refractivity contribution is -0.206. The topological polar surface area (TPSA) is 78.9 Å². The molecule has 1 aromatic rings. The summed E-state index contributed by atoms with van der Waals surface area (Å²) >= 11 is 0. The number of rotatable bonds is 3. The predicted octanol–water partition coefficient (Wildman–Crippen LogP) is 1.38. The number of alkyl halides is 3. The number of benzene rings is 1. The third-order valence-corrected chi connectivity index (χ3v) is 6.56. The zero-order valence-electron chi connectivity index (χ0n) is 13.3. The van der Waals surface area contributed by atoms with Crippen LogP contribution in [0.15, 0.2) is 29.2 Å². The van der Waals surface area contributed by atoms with E-state index in [9.17, 15) is 26.7 Å². The first-order valence-corrected chi connectivity index (χ1v) is 9.33. The molecule has 2 saturated heterocycles. The zero-order valence-corrected chi connectivity index (χ0v) is 14.1. The Kier molecular flexibility index (Phi) is 4.84. The molecule has 1 atom stereocenters. The summed E-state index contributed by atoms with van der Waals surface area (Å²) in [5, 5.41) is 12.4. The second-order valence-corrected chi connectivity index (χ2v) is 8.00. The van der Waals surface area contributed by atoms with E-state index in [4.69, 9.17) is 4.74 Å². The van der Waals surface area contributed by atoms with Crippen molar-refractivity contribution < 1.29 is 31.4 Å². The quantitative estimate of drug-likeness (QED) is 0.829. The Labute approximate surface area is 143 Å². The van der Waals surface area contributed by atoms with Gasteiger partial charge in [-0.3, -0.25) is 0 Å². The normalized spacial score (nSPS) is 23.0. The summed E-state index contributed by atoms with van der Waals surface area (Å²) in [5.41, 5.74) is -1.30. The number of ether oxygens (including phenoxy) is 1. The SMILES string of the molecule is O=S(=O)(c1ccc(C(O)C(F)(F)F)cc1)N1CCOC12CCNCC2. The van der Waals surface area contributed by atoms with Gasteiger partial charge in [0.1, 0.15) is 5.72 Å². The fourth-order valence-electron chi connectivity index (χ4n) is 3.28. The number of aliphatic hydroxyl groups is 1. The van der Waals surface area contributed by atoms with Crippen LogP contribution in [-0.2, 0) is 14.8 Å². The van der Waals surface area contributed by atoms with Gasteiger partial charge >= 0.3 is 6.18 Å². The minimum atomic E-state index is -4.80. The van der Waals surface area contributed by atoms with Gasteiger partial charge in [0.2, 0.25) is 10.0 Å². The fraction of sp³-hybridized carbons (Fsp3) is 0.600. The molecule has 0 saturated carbocycles. The summed E-state index contributed by atoms with van der Waals surface area (Å²) < 4.78 is 70.5. The average molecular weight is 380 g/mol. The molecule has 140 valence electrons. The lowest BCUT2D eigenvalue weighted by Gasteiger charge is -2.39. The Morgan fingerprint density at radius 1 is 1.20 bits per heavy atom. The van der Waals surface area contributed by atoms with Crippen molar-refractivity contribution in [2.45, 2.75) is 35.7 Å². The van der Waals surface area contributed by atoms with Gasteiger partial charge in [0, 0.05) is 19.4 Å². The second-order valence-electron chi connectivity index (χ2n) is 6.14. The molecule has 0 amide bonds. The van der Waals surface area contributed by atoms with Crippen molar-refractivity contribution in [1.29, 1.82) is 0 Å². The fourth-order valence-corrected chi connectivity index (χ4v) is 5.01. The maximum absolute atomic E-state index is 12.9. The highest BCUT2D eigenvalue weighted by atomic mass is 32.2. The van der Waals surface area contributed by atoms with Crippen molar-refractivity contribution >= 4 is 10.0 Å². The Hall–Kier alpha value is -1.20. The van der Waals surface area contributed by atoms with E-state index in [1.165, 1.54) is 4.31 Å². The maximum atomic E-state index is 12.9. The van der Waals surface area contributed by atoms with Crippen LogP contribution in [0.5, 0.6) is 0 Å². The third-order valence-electron chi connectivity index (χ3n) is 4.60. The molecule has 0 aromatic heterocycles. The number of piperidine rings is 1. The molecule has 0 radical (unpaired) electrons. The highest BCUT2D eigenvalue weighted by Gasteiger charge is 2.49. The molecule has 6 nitrogen and oxygen atoms in total. The van der Waals surface area contributed by atoms with E-state index >= 15 is 0 Å². The van der Waals surface area contributed by atoms with E-state index in [1.807, 2.05) is 0 Å². The van der Waals surface area contributed by atoms with Crippen LogP contribution in [-0.4, -0.2) is 56.0 Å². The summed E-state index contributed by atoms with van der Waals surface area (Å²) in [5.74, 6) is 0. The van der Waals surface area contributed by atoms with Crippen LogP contribution in [0, 0.1) is 0 Å². The van der Waals surface area contributed by atoms with Gasteiger partial charge in [-0.05, 0) is 30.8 Å². The summed E-state index contributed by atoms with van der Waals surface area (Å²) in [6, 6.07) is 4.15. The molecule has 2 N–H and O–H groups in total. The lowest BCUT2D eigenvalue weighted by Crippen LogP contribution is -2.53. The van der Waals surface area contributed by atoms with Gasteiger partial charge in [0.25, 0.3) is 0 Å². The van der Waals surface area contributed by atoms with Crippen LogP contribution in [0.1, 0.15) is 24.5 Å². The minimum Gasteiger partial charge on any atom is -0.379 e. The van der Waals surface area contributed by atoms with Gasteiger partial charge in [-0.1, -0.05) is 12.1 Å². The summed E-state index contributed by atoms with van der Waals surface area (Å²) in [4.78, 5) is -0.117. The minimum absolute atomic E-state index is 0.117. The largest absolute Gasteiger partial charge is 0.418 e. The first-order valence-electron chi connectivity index (χ1n) is 7.89. The van der Waals surface area contributed by atoms with Crippen molar-refractivity contribution in [3.05, 3.63) is 29.8 Å². The second kappa shape index (κ2) is 6.51. The highest BCUT2D eigenvalue weighted by molar-refractivity contribution is 7.89. The molecule has 25 heavy (non-hydrogen) atoms. The molecule has 0 bridgehead atoms. The standard InChI is InChI=1S/C15H19F3N2O4S/c16-15(17,18)13(21)11-1-3-12(4-2-11)25(22,23)20-9-10-24-14(20)5-7-19-8-6-14/h1-4,13,19,21H,5-10H2. The van der Waals surface area contributed by atoms with E-state index in [1.54, 1.807) is 0 Å². The molecule has 1 unspecified atom stereocenters. The first-order chi connectivity index (χ1) is 11.7. The predicted molar refractivity (Wildman–Crippen MR) is 82.1 cm³/mol. The van der Waals surface area contributed by atoms with Gasteiger partial charge in [-0.15, -0.1) is 0 Å². The number of sulfonamides is 1. The van der Waals surface area contributed by atoms with E-state index in [-0.39, 0.29) is 18.0 Å². The summed E-state index contributed by atoms with van der Waals surface area (Å²) in [7, 11) is -3.91. The number of hydrogen-bond acceptors (Lipinski definition) is 5. The van der Waals surface area contributed by atoms with Crippen molar-refractivity contribution in [3.8, 4) is 0 Å². The van der Waals surface area contributed by atoms with Gasteiger partial charge in [0.05, 0.1) is 11.5 Å².